The molecule has 1 N–H and O–H groups in total. The van der Waals surface area contributed by atoms with E-state index in [-0.39, 0.29) is 23.9 Å². The van der Waals surface area contributed by atoms with E-state index >= 15 is 0 Å². The molecular formula is C19H24FN3O. The minimum absolute atomic E-state index is 0.0793. The van der Waals surface area contributed by atoms with Crippen LogP contribution in [0.5, 0.6) is 0 Å². The number of nitrogens with one attached hydrogen (secondary N) is 1. The van der Waals surface area contributed by atoms with Crippen LogP contribution < -0.4 is 5.32 Å². The zero-order chi connectivity index (χ0) is 17.5. The SMILES string of the molecule is CCN(C(=O)N[C@@H](C)Cc1ccccc1F)[C@H](C)c1cccnc1. The topological polar surface area (TPSA) is 45.2 Å². The first-order valence-electron chi connectivity index (χ1n) is 8.23. The number of hydrogen-bond donors (Lipinski definition) is 1. The van der Waals surface area contributed by atoms with Crippen LogP contribution in [0.25, 0.3) is 0 Å². The van der Waals surface area contributed by atoms with Gasteiger partial charge in [0.05, 0.1) is 6.04 Å². The van der Waals surface area contributed by atoms with Gasteiger partial charge in [0.1, 0.15) is 5.82 Å². The van der Waals surface area contributed by atoms with Crippen LogP contribution in [0.2, 0.25) is 0 Å². The molecule has 1 aromatic carbocycles. The molecule has 2 rings (SSSR count). The lowest BCUT2D eigenvalue weighted by molar-refractivity contribution is 0.179. The first-order valence-corrected chi connectivity index (χ1v) is 8.23. The van der Waals surface area contributed by atoms with Crippen LogP contribution in [0.15, 0.2) is 48.8 Å². The number of pyridine rings is 1. The molecule has 2 aromatic rings. The molecule has 0 saturated heterocycles. The van der Waals surface area contributed by atoms with E-state index in [0.29, 0.717) is 18.5 Å². The van der Waals surface area contributed by atoms with E-state index < -0.39 is 0 Å². The Morgan fingerprint density at radius 3 is 2.62 bits per heavy atom. The maximum atomic E-state index is 13.7. The summed E-state index contributed by atoms with van der Waals surface area (Å²) in [6, 6.07) is 10.1. The van der Waals surface area contributed by atoms with Crippen LogP contribution >= 0.6 is 0 Å². The Hall–Kier alpha value is -2.43. The summed E-state index contributed by atoms with van der Waals surface area (Å²) in [6.45, 7) is 6.37. The lowest BCUT2D eigenvalue weighted by Crippen LogP contribution is -2.45. The summed E-state index contributed by atoms with van der Waals surface area (Å²) in [5, 5.41) is 2.96. The second-order valence-electron chi connectivity index (χ2n) is 5.89. The highest BCUT2D eigenvalue weighted by Crippen LogP contribution is 2.19. The Kier molecular flexibility index (Phi) is 6.29. The maximum absolute atomic E-state index is 13.7. The summed E-state index contributed by atoms with van der Waals surface area (Å²) in [5.41, 5.74) is 1.59. The third-order valence-corrected chi connectivity index (χ3v) is 4.09. The molecule has 0 bridgehead atoms. The van der Waals surface area contributed by atoms with Gasteiger partial charge in [0, 0.05) is 25.0 Å². The standard InChI is InChI=1S/C19H24FN3O/c1-4-23(15(3)17-9-7-11-21-13-17)19(24)22-14(2)12-16-8-5-6-10-18(16)20/h5-11,13-15H,4,12H2,1-3H3,(H,22,24)/t14-,15+/m0/s1. The molecule has 1 aromatic heterocycles. The molecule has 0 aliphatic heterocycles. The lowest BCUT2D eigenvalue weighted by atomic mass is 10.1. The van der Waals surface area contributed by atoms with Gasteiger partial charge in [-0.05, 0) is 50.5 Å². The van der Waals surface area contributed by atoms with Crippen molar-refractivity contribution >= 4 is 6.03 Å². The zero-order valence-electron chi connectivity index (χ0n) is 14.4. The van der Waals surface area contributed by atoms with E-state index in [2.05, 4.69) is 10.3 Å². The summed E-state index contributed by atoms with van der Waals surface area (Å²) in [4.78, 5) is 18.4. The molecule has 1 heterocycles. The van der Waals surface area contributed by atoms with Crippen LogP contribution in [0.1, 0.15) is 37.9 Å². The summed E-state index contributed by atoms with van der Waals surface area (Å²) in [6.07, 6.45) is 3.93. The molecule has 2 atom stereocenters. The van der Waals surface area contributed by atoms with Crippen molar-refractivity contribution in [2.75, 3.05) is 6.54 Å². The van der Waals surface area contributed by atoms with Crippen molar-refractivity contribution < 1.29 is 9.18 Å². The Labute approximate surface area is 142 Å². The largest absolute Gasteiger partial charge is 0.335 e. The molecule has 4 nitrogen and oxygen atoms in total. The number of aromatic nitrogens is 1. The van der Waals surface area contributed by atoms with Gasteiger partial charge in [-0.2, -0.15) is 0 Å². The van der Waals surface area contributed by atoms with Gasteiger partial charge in [-0.3, -0.25) is 4.98 Å². The van der Waals surface area contributed by atoms with E-state index in [1.807, 2.05) is 32.9 Å². The molecule has 0 spiro atoms. The highest BCUT2D eigenvalue weighted by atomic mass is 19.1. The minimum Gasteiger partial charge on any atom is -0.335 e. The van der Waals surface area contributed by atoms with Crippen LogP contribution in [0, 0.1) is 5.82 Å². The van der Waals surface area contributed by atoms with E-state index in [0.717, 1.165) is 5.56 Å². The van der Waals surface area contributed by atoms with Gasteiger partial charge < -0.3 is 10.2 Å². The molecule has 0 saturated carbocycles. The van der Waals surface area contributed by atoms with Crippen molar-refractivity contribution in [1.29, 1.82) is 0 Å². The van der Waals surface area contributed by atoms with Gasteiger partial charge in [-0.25, -0.2) is 9.18 Å². The minimum atomic E-state index is -0.241. The maximum Gasteiger partial charge on any atom is 0.318 e. The van der Waals surface area contributed by atoms with Crippen LogP contribution in [0.4, 0.5) is 9.18 Å². The fourth-order valence-electron chi connectivity index (χ4n) is 2.73. The third-order valence-electron chi connectivity index (χ3n) is 4.09. The number of nitrogens with zero attached hydrogens (tertiary/aromatic N) is 2. The fourth-order valence-corrected chi connectivity index (χ4v) is 2.73. The number of amides is 2. The van der Waals surface area contributed by atoms with Gasteiger partial charge in [-0.15, -0.1) is 0 Å². The van der Waals surface area contributed by atoms with Crippen molar-refractivity contribution in [2.24, 2.45) is 0 Å². The number of carbonyl (C=O) groups excluding carboxylic acids is 1. The Bertz CT molecular complexity index is 663. The summed E-state index contributed by atoms with van der Waals surface area (Å²) >= 11 is 0. The molecule has 2 amide bonds. The van der Waals surface area contributed by atoms with Crippen LogP contribution in [-0.4, -0.2) is 28.5 Å². The Balaban J connectivity index is 2.00. The first kappa shape index (κ1) is 17.9. The molecule has 0 unspecified atom stereocenters. The molecule has 24 heavy (non-hydrogen) atoms. The van der Waals surface area contributed by atoms with E-state index in [9.17, 15) is 9.18 Å². The Morgan fingerprint density at radius 1 is 1.25 bits per heavy atom. The molecule has 5 heteroatoms. The number of urea groups is 1. The summed E-state index contributed by atoms with van der Waals surface area (Å²) < 4.78 is 13.7. The number of rotatable bonds is 6. The fraction of sp³-hybridized carbons (Fsp3) is 0.368. The average molecular weight is 329 g/mol. The normalized spacial score (nSPS) is 13.2. The summed E-state index contributed by atoms with van der Waals surface area (Å²) in [5.74, 6) is -0.241. The van der Waals surface area contributed by atoms with Crippen molar-refractivity contribution in [3.05, 3.63) is 65.7 Å². The monoisotopic (exact) mass is 329 g/mol. The average Bonchev–Trinajstić information content (AvgIpc) is 2.58. The van der Waals surface area contributed by atoms with E-state index in [1.165, 1.54) is 6.07 Å². The molecule has 0 aliphatic rings. The molecule has 0 radical (unpaired) electrons. The smallest absolute Gasteiger partial charge is 0.318 e. The number of halogens is 1. The van der Waals surface area contributed by atoms with Crippen molar-refractivity contribution in [2.45, 2.75) is 39.3 Å². The van der Waals surface area contributed by atoms with Crippen molar-refractivity contribution in [1.82, 2.24) is 15.2 Å². The van der Waals surface area contributed by atoms with Crippen LogP contribution in [-0.2, 0) is 6.42 Å². The van der Waals surface area contributed by atoms with Gasteiger partial charge >= 0.3 is 6.03 Å². The van der Waals surface area contributed by atoms with Gasteiger partial charge in [0.25, 0.3) is 0 Å². The Morgan fingerprint density at radius 2 is 2.00 bits per heavy atom. The third kappa shape index (κ3) is 4.54. The van der Waals surface area contributed by atoms with Crippen LogP contribution in [0.3, 0.4) is 0 Å². The van der Waals surface area contributed by atoms with Gasteiger partial charge in [0.2, 0.25) is 0 Å². The number of benzene rings is 1. The van der Waals surface area contributed by atoms with Crippen molar-refractivity contribution in [3.63, 3.8) is 0 Å². The van der Waals surface area contributed by atoms with E-state index in [1.54, 1.807) is 35.5 Å². The van der Waals surface area contributed by atoms with Crippen molar-refractivity contribution in [3.8, 4) is 0 Å². The summed E-state index contributed by atoms with van der Waals surface area (Å²) in [7, 11) is 0. The molecular weight excluding hydrogens is 305 g/mol. The quantitative estimate of drug-likeness (QED) is 0.872. The van der Waals surface area contributed by atoms with Gasteiger partial charge in [0.15, 0.2) is 0 Å². The molecule has 0 fully saturated rings. The number of hydrogen-bond acceptors (Lipinski definition) is 2. The second kappa shape index (κ2) is 8.43. The van der Waals surface area contributed by atoms with Gasteiger partial charge in [-0.1, -0.05) is 24.3 Å². The molecule has 0 aliphatic carbocycles. The molecule has 128 valence electrons. The second-order valence-corrected chi connectivity index (χ2v) is 5.89. The zero-order valence-corrected chi connectivity index (χ0v) is 14.4. The predicted molar refractivity (Wildman–Crippen MR) is 93.1 cm³/mol. The highest BCUT2D eigenvalue weighted by Gasteiger charge is 2.21. The highest BCUT2D eigenvalue weighted by molar-refractivity contribution is 5.75. The van der Waals surface area contributed by atoms with E-state index in [4.69, 9.17) is 0 Å². The first-order chi connectivity index (χ1) is 11.5. The predicted octanol–water partition coefficient (Wildman–Crippen LogP) is 3.94. The lowest BCUT2D eigenvalue weighted by Gasteiger charge is -2.30. The number of carbonyl (C=O) groups is 1.